The Kier molecular flexibility index (Phi) is 3.36. The molecule has 0 spiro atoms. The molecule has 1 aliphatic rings. The summed E-state index contributed by atoms with van der Waals surface area (Å²) in [4.78, 5) is 0. The Labute approximate surface area is 95.6 Å². The molecule has 2 unspecified atom stereocenters. The highest BCUT2D eigenvalue weighted by atomic mass is 32.2. The van der Waals surface area contributed by atoms with E-state index in [2.05, 4.69) is 30.5 Å². The first-order chi connectivity index (χ1) is 7.19. The Balaban J connectivity index is 1.95. The van der Waals surface area contributed by atoms with E-state index in [-0.39, 0.29) is 0 Å². The maximum absolute atomic E-state index is 4.37. The zero-order valence-corrected chi connectivity index (χ0v) is 10.5. The Morgan fingerprint density at radius 1 is 1.53 bits per heavy atom. The predicted molar refractivity (Wildman–Crippen MR) is 64.3 cm³/mol. The number of nitrogens with one attached hydrogen (secondary N) is 1. The number of rotatable bonds is 3. The fourth-order valence-electron chi connectivity index (χ4n) is 2.18. The van der Waals surface area contributed by atoms with E-state index in [0.717, 1.165) is 17.0 Å². The van der Waals surface area contributed by atoms with Crippen LogP contribution in [0.1, 0.15) is 25.0 Å². The average Bonchev–Trinajstić information content (AvgIpc) is 2.75. The molecule has 0 amide bonds. The minimum absolute atomic E-state index is 0.719. The third kappa shape index (κ3) is 2.55. The number of aryl methyl sites for hydroxylation is 2. The summed E-state index contributed by atoms with van der Waals surface area (Å²) in [7, 11) is 4.09. The van der Waals surface area contributed by atoms with Crippen LogP contribution in [0.5, 0.6) is 0 Å². The summed E-state index contributed by atoms with van der Waals surface area (Å²) in [6.45, 7) is 2.05. The number of hydrogen-bond donors (Lipinski definition) is 1. The largest absolute Gasteiger partial charge is 0.317 e. The van der Waals surface area contributed by atoms with Crippen LogP contribution in [0.25, 0.3) is 0 Å². The molecule has 84 valence electrons. The molecule has 0 bridgehead atoms. The highest BCUT2D eigenvalue weighted by molar-refractivity contribution is 7.99. The number of nitrogens with zero attached hydrogens (tertiary/aromatic N) is 2. The van der Waals surface area contributed by atoms with E-state index in [1.165, 1.54) is 24.3 Å². The van der Waals surface area contributed by atoms with Crippen molar-refractivity contribution < 1.29 is 0 Å². The van der Waals surface area contributed by atoms with Crippen molar-refractivity contribution in [2.75, 3.05) is 7.05 Å². The number of hydrogen-bond acceptors (Lipinski definition) is 3. The monoisotopic (exact) mass is 225 g/mol. The lowest BCUT2D eigenvalue weighted by atomic mass is 10.3. The van der Waals surface area contributed by atoms with Gasteiger partial charge in [0.1, 0.15) is 0 Å². The summed E-state index contributed by atoms with van der Waals surface area (Å²) in [5, 5.41) is 9.80. The predicted octanol–water partition coefficient (Wildman–Crippen LogP) is 1.96. The third-order valence-corrected chi connectivity index (χ3v) is 4.42. The zero-order chi connectivity index (χ0) is 10.8. The standard InChI is InChI=1S/C11H19N3S/c1-8-6-11(14(3)13-8)15-10-5-4-9(7-10)12-2/h6,9-10,12H,4-5,7H2,1-3H3. The highest BCUT2D eigenvalue weighted by Crippen LogP contribution is 2.34. The van der Waals surface area contributed by atoms with Crippen LogP contribution in [0.4, 0.5) is 0 Å². The topological polar surface area (TPSA) is 29.9 Å². The molecule has 1 aromatic rings. The van der Waals surface area contributed by atoms with Crippen molar-refractivity contribution in [3.05, 3.63) is 11.8 Å². The first kappa shape index (κ1) is 11.0. The summed E-state index contributed by atoms with van der Waals surface area (Å²) in [6, 6.07) is 2.90. The molecular formula is C11H19N3S. The normalized spacial score (nSPS) is 26.1. The molecule has 1 fully saturated rings. The molecule has 2 atom stereocenters. The summed E-state index contributed by atoms with van der Waals surface area (Å²) in [5.41, 5.74) is 1.11. The van der Waals surface area contributed by atoms with Crippen LogP contribution in [0, 0.1) is 6.92 Å². The molecule has 4 heteroatoms. The van der Waals surface area contributed by atoms with Crippen LogP contribution >= 0.6 is 11.8 Å². The smallest absolute Gasteiger partial charge is 0.0942 e. The van der Waals surface area contributed by atoms with Gasteiger partial charge < -0.3 is 5.32 Å². The first-order valence-electron chi connectivity index (χ1n) is 5.53. The molecule has 0 aliphatic heterocycles. The minimum atomic E-state index is 0.719. The van der Waals surface area contributed by atoms with Crippen molar-refractivity contribution in [1.82, 2.24) is 15.1 Å². The number of aromatic nitrogens is 2. The maximum Gasteiger partial charge on any atom is 0.0942 e. The van der Waals surface area contributed by atoms with E-state index < -0.39 is 0 Å². The van der Waals surface area contributed by atoms with Gasteiger partial charge in [-0.3, -0.25) is 4.68 Å². The van der Waals surface area contributed by atoms with E-state index >= 15 is 0 Å². The van der Waals surface area contributed by atoms with Crippen molar-refractivity contribution in [2.45, 2.75) is 42.5 Å². The van der Waals surface area contributed by atoms with Gasteiger partial charge in [-0.05, 0) is 39.3 Å². The van der Waals surface area contributed by atoms with E-state index in [9.17, 15) is 0 Å². The second-order valence-corrected chi connectivity index (χ2v) is 5.61. The van der Waals surface area contributed by atoms with E-state index in [1.54, 1.807) is 0 Å². The summed E-state index contributed by atoms with van der Waals surface area (Å²) >= 11 is 1.98. The second kappa shape index (κ2) is 4.58. The summed E-state index contributed by atoms with van der Waals surface area (Å²) < 4.78 is 1.99. The molecule has 3 nitrogen and oxygen atoms in total. The minimum Gasteiger partial charge on any atom is -0.317 e. The van der Waals surface area contributed by atoms with Crippen LogP contribution in [0.2, 0.25) is 0 Å². The van der Waals surface area contributed by atoms with Crippen molar-refractivity contribution in [2.24, 2.45) is 7.05 Å². The fourth-order valence-corrected chi connectivity index (χ4v) is 3.53. The Bertz CT molecular complexity index is 335. The van der Waals surface area contributed by atoms with Crippen LogP contribution in [-0.4, -0.2) is 28.1 Å². The third-order valence-electron chi connectivity index (χ3n) is 3.04. The Hall–Kier alpha value is -0.480. The van der Waals surface area contributed by atoms with Gasteiger partial charge in [0, 0.05) is 18.3 Å². The molecule has 1 N–H and O–H groups in total. The average molecular weight is 225 g/mol. The van der Waals surface area contributed by atoms with Gasteiger partial charge in [0.15, 0.2) is 0 Å². The van der Waals surface area contributed by atoms with Crippen LogP contribution < -0.4 is 5.32 Å². The van der Waals surface area contributed by atoms with E-state index in [1.807, 2.05) is 23.5 Å². The summed E-state index contributed by atoms with van der Waals surface area (Å²) in [6.07, 6.45) is 3.91. The molecule has 15 heavy (non-hydrogen) atoms. The molecule has 1 heterocycles. The van der Waals surface area contributed by atoms with Gasteiger partial charge in [-0.2, -0.15) is 5.10 Å². The maximum atomic E-state index is 4.37. The molecule has 1 aliphatic carbocycles. The molecule has 1 saturated carbocycles. The van der Waals surface area contributed by atoms with Gasteiger partial charge in [-0.25, -0.2) is 0 Å². The van der Waals surface area contributed by atoms with Gasteiger partial charge in [-0.1, -0.05) is 0 Å². The van der Waals surface area contributed by atoms with E-state index in [0.29, 0.717) is 0 Å². The van der Waals surface area contributed by atoms with Gasteiger partial charge >= 0.3 is 0 Å². The van der Waals surface area contributed by atoms with Gasteiger partial charge in [0.2, 0.25) is 0 Å². The van der Waals surface area contributed by atoms with Crippen molar-refractivity contribution in [3.63, 3.8) is 0 Å². The lowest BCUT2D eigenvalue weighted by Crippen LogP contribution is -2.21. The van der Waals surface area contributed by atoms with Gasteiger partial charge in [0.05, 0.1) is 10.7 Å². The van der Waals surface area contributed by atoms with E-state index in [4.69, 9.17) is 0 Å². The molecular weight excluding hydrogens is 206 g/mol. The SMILES string of the molecule is CNC1CCC(Sc2cc(C)nn2C)C1. The summed E-state index contributed by atoms with van der Waals surface area (Å²) in [5.74, 6) is 0. The van der Waals surface area contributed by atoms with Crippen LogP contribution in [-0.2, 0) is 7.05 Å². The fraction of sp³-hybridized carbons (Fsp3) is 0.727. The molecule has 0 saturated heterocycles. The Morgan fingerprint density at radius 2 is 2.33 bits per heavy atom. The quantitative estimate of drug-likeness (QED) is 0.853. The van der Waals surface area contributed by atoms with Crippen molar-refractivity contribution >= 4 is 11.8 Å². The highest BCUT2D eigenvalue weighted by Gasteiger charge is 2.24. The number of thioether (sulfide) groups is 1. The lowest BCUT2D eigenvalue weighted by molar-refractivity contribution is 0.583. The van der Waals surface area contributed by atoms with Crippen molar-refractivity contribution in [1.29, 1.82) is 0 Å². The van der Waals surface area contributed by atoms with Crippen LogP contribution in [0.15, 0.2) is 11.1 Å². The molecule has 0 radical (unpaired) electrons. The zero-order valence-electron chi connectivity index (χ0n) is 9.66. The molecule has 2 rings (SSSR count). The second-order valence-electron chi connectivity index (χ2n) is 4.29. The van der Waals surface area contributed by atoms with Crippen LogP contribution in [0.3, 0.4) is 0 Å². The Morgan fingerprint density at radius 3 is 2.87 bits per heavy atom. The molecule has 0 aromatic carbocycles. The van der Waals surface area contributed by atoms with Gasteiger partial charge in [0.25, 0.3) is 0 Å². The molecule has 1 aromatic heterocycles. The van der Waals surface area contributed by atoms with Gasteiger partial charge in [-0.15, -0.1) is 11.8 Å². The first-order valence-corrected chi connectivity index (χ1v) is 6.41. The van der Waals surface area contributed by atoms with Crippen molar-refractivity contribution in [3.8, 4) is 0 Å². The lowest BCUT2D eigenvalue weighted by Gasteiger charge is -2.10.